The lowest BCUT2D eigenvalue weighted by atomic mass is 9.81. The van der Waals surface area contributed by atoms with Gasteiger partial charge in [0, 0.05) is 69.4 Å². The highest BCUT2D eigenvalue weighted by Crippen LogP contribution is 2.32. The van der Waals surface area contributed by atoms with Gasteiger partial charge in [-0.2, -0.15) is 13.2 Å². The molecule has 50 heavy (non-hydrogen) atoms. The Kier molecular flexibility index (Phi) is 10.4. The molecule has 3 fully saturated rings. The molecule has 2 N–H and O–H groups in total. The number of carbonyl (C=O) groups excluding carboxylic acids is 4. The number of nitrogens with zero attached hydrogens (tertiary/aromatic N) is 4. The van der Waals surface area contributed by atoms with Gasteiger partial charge in [-0.05, 0) is 56.0 Å². The Labute approximate surface area is 289 Å². The highest BCUT2D eigenvalue weighted by molar-refractivity contribution is 6.34. The SMILES string of the molecule is Cn1c(-c2ccc(OC(F)F)c(F)c2F)cnc1C(=O)Nc1ccc(C(=O)N2CCC(C(=O)C3CCN(C(=O)C4CNC4)CC3)CC2)c(Cl)c1. The number of hydrogen-bond acceptors (Lipinski definition) is 7. The summed E-state index contributed by atoms with van der Waals surface area (Å²) in [5, 5.41) is 5.82. The van der Waals surface area contributed by atoms with Crippen LogP contribution in [0.2, 0.25) is 5.02 Å². The number of ether oxygens (including phenoxy) is 1. The van der Waals surface area contributed by atoms with Crippen molar-refractivity contribution in [2.75, 3.05) is 44.6 Å². The summed E-state index contributed by atoms with van der Waals surface area (Å²) in [5.41, 5.74) is 0.143. The van der Waals surface area contributed by atoms with Gasteiger partial charge >= 0.3 is 6.61 Å². The number of aromatic nitrogens is 2. The minimum absolute atomic E-state index is 0.00126. The smallest absolute Gasteiger partial charge is 0.387 e. The van der Waals surface area contributed by atoms with Crippen LogP contribution in [0.5, 0.6) is 5.75 Å². The van der Waals surface area contributed by atoms with Gasteiger partial charge in [0.2, 0.25) is 11.7 Å². The van der Waals surface area contributed by atoms with Crippen LogP contribution in [0.25, 0.3) is 11.3 Å². The molecule has 0 bridgehead atoms. The lowest BCUT2D eigenvalue weighted by Crippen LogP contribution is -2.54. The molecule has 3 aromatic rings. The Morgan fingerprint density at radius 1 is 0.920 bits per heavy atom. The summed E-state index contributed by atoms with van der Waals surface area (Å²) in [5.74, 6) is -5.00. The lowest BCUT2D eigenvalue weighted by molar-refractivity contribution is -0.141. The standard InChI is InChI=1S/C34H35ClF4N6O5/c1-43-25(23-4-5-26(50-34(38)39)28(37)27(23)36)17-41-30(43)31(47)42-21-2-3-22(24(35)14-21)33(49)45-12-8-19(9-13-45)29(46)18-6-10-44(11-7-18)32(48)20-15-40-16-20/h2-5,14,17-20,34,40H,6-13,15-16H2,1H3,(H,42,47). The van der Waals surface area contributed by atoms with E-state index in [0.29, 0.717) is 65.0 Å². The maximum Gasteiger partial charge on any atom is 0.387 e. The number of ketones is 1. The van der Waals surface area contributed by atoms with Crippen molar-refractivity contribution in [3.05, 3.63) is 64.6 Å². The molecule has 3 amide bonds. The monoisotopic (exact) mass is 718 g/mol. The van der Waals surface area contributed by atoms with Crippen molar-refractivity contribution in [2.45, 2.75) is 32.3 Å². The number of rotatable bonds is 9. The molecule has 3 aliphatic rings. The van der Waals surface area contributed by atoms with Crippen molar-refractivity contribution in [1.29, 1.82) is 0 Å². The van der Waals surface area contributed by atoms with E-state index in [2.05, 4.69) is 20.4 Å². The second-order valence-corrected chi connectivity index (χ2v) is 13.1. The first-order chi connectivity index (χ1) is 23.9. The van der Waals surface area contributed by atoms with E-state index < -0.39 is 29.9 Å². The van der Waals surface area contributed by atoms with Gasteiger partial charge in [-0.1, -0.05) is 11.6 Å². The third kappa shape index (κ3) is 7.20. The fourth-order valence-corrected chi connectivity index (χ4v) is 6.98. The molecule has 2 aromatic carbocycles. The van der Waals surface area contributed by atoms with Crippen LogP contribution in [0.15, 0.2) is 36.5 Å². The number of anilines is 1. The third-order valence-electron chi connectivity index (χ3n) is 9.71. The number of halogens is 5. The number of alkyl halides is 2. The van der Waals surface area contributed by atoms with E-state index in [-0.39, 0.29) is 68.7 Å². The molecule has 3 saturated heterocycles. The number of hydrogen-bond donors (Lipinski definition) is 2. The second kappa shape index (κ2) is 14.8. The molecule has 6 rings (SSSR count). The van der Waals surface area contributed by atoms with E-state index in [1.165, 1.54) is 29.8 Å². The molecule has 266 valence electrons. The molecule has 0 radical (unpaired) electrons. The lowest BCUT2D eigenvalue weighted by Gasteiger charge is -2.38. The van der Waals surface area contributed by atoms with Crippen LogP contribution in [0.3, 0.4) is 0 Å². The van der Waals surface area contributed by atoms with Crippen molar-refractivity contribution in [3.8, 4) is 17.0 Å². The first-order valence-corrected chi connectivity index (χ1v) is 16.7. The highest BCUT2D eigenvalue weighted by atomic mass is 35.5. The predicted octanol–water partition coefficient (Wildman–Crippen LogP) is 4.75. The van der Waals surface area contributed by atoms with Crippen LogP contribution >= 0.6 is 11.6 Å². The molecule has 0 unspecified atom stereocenters. The molecular weight excluding hydrogens is 684 g/mol. The van der Waals surface area contributed by atoms with Crippen LogP contribution in [-0.4, -0.2) is 88.7 Å². The largest absolute Gasteiger partial charge is 0.432 e. The first-order valence-electron chi connectivity index (χ1n) is 16.3. The molecule has 0 aliphatic carbocycles. The summed E-state index contributed by atoms with van der Waals surface area (Å²) in [7, 11) is 1.39. The van der Waals surface area contributed by atoms with E-state index >= 15 is 0 Å². The molecule has 4 heterocycles. The second-order valence-electron chi connectivity index (χ2n) is 12.7. The zero-order valence-corrected chi connectivity index (χ0v) is 27.8. The highest BCUT2D eigenvalue weighted by Gasteiger charge is 2.36. The van der Waals surface area contributed by atoms with E-state index in [4.69, 9.17) is 11.6 Å². The Morgan fingerprint density at radius 3 is 2.14 bits per heavy atom. The van der Waals surface area contributed by atoms with Crippen LogP contribution in [0, 0.1) is 29.4 Å². The van der Waals surface area contributed by atoms with Gasteiger partial charge in [-0.25, -0.2) is 9.37 Å². The van der Waals surface area contributed by atoms with Gasteiger partial charge in [0.05, 0.1) is 28.4 Å². The summed E-state index contributed by atoms with van der Waals surface area (Å²) >= 11 is 6.47. The Morgan fingerprint density at radius 2 is 1.56 bits per heavy atom. The van der Waals surface area contributed by atoms with E-state index in [1.54, 1.807) is 4.90 Å². The number of Topliss-reactive ketones (excluding diaryl/α,β-unsaturated/α-hetero) is 1. The van der Waals surface area contributed by atoms with Crippen molar-refractivity contribution in [1.82, 2.24) is 24.7 Å². The Hall–Kier alpha value is -4.50. The maximum absolute atomic E-state index is 14.7. The average molecular weight is 719 g/mol. The van der Waals surface area contributed by atoms with Gasteiger partial charge in [0.1, 0.15) is 5.78 Å². The fraction of sp³-hybridized carbons (Fsp3) is 0.441. The Balaban J connectivity index is 1.02. The zero-order chi connectivity index (χ0) is 35.7. The molecule has 0 spiro atoms. The van der Waals surface area contributed by atoms with Crippen LogP contribution < -0.4 is 15.4 Å². The normalized spacial score (nSPS) is 17.5. The van der Waals surface area contributed by atoms with Gasteiger partial charge in [0.25, 0.3) is 11.8 Å². The van der Waals surface area contributed by atoms with E-state index in [1.807, 2.05) is 4.90 Å². The quantitative estimate of drug-likeness (QED) is 0.306. The van der Waals surface area contributed by atoms with Crippen LogP contribution in [0.1, 0.15) is 46.7 Å². The fourth-order valence-electron chi connectivity index (χ4n) is 6.72. The molecule has 11 nitrogen and oxygen atoms in total. The third-order valence-corrected chi connectivity index (χ3v) is 10.0. The summed E-state index contributed by atoms with van der Waals surface area (Å²) in [6.07, 6.45) is 3.54. The van der Waals surface area contributed by atoms with E-state index in [9.17, 15) is 36.7 Å². The number of piperidine rings is 2. The van der Waals surface area contributed by atoms with E-state index in [0.717, 1.165) is 18.3 Å². The van der Waals surface area contributed by atoms with Crippen molar-refractivity contribution < 1.29 is 41.5 Å². The molecule has 3 aliphatic heterocycles. The number of carbonyl (C=O) groups is 4. The molecule has 1 aromatic heterocycles. The van der Waals surface area contributed by atoms with Crippen LogP contribution in [0.4, 0.5) is 23.2 Å². The maximum atomic E-state index is 14.7. The summed E-state index contributed by atoms with van der Waals surface area (Å²) in [4.78, 5) is 59.7. The molecule has 16 heteroatoms. The van der Waals surface area contributed by atoms with Gasteiger partial charge < -0.3 is 29.7 Å². The number of likely N-dealkylation sites (tertiary alicyclic amines) is 2. The van der Waals surface area contributed by atoms with Gasteiger partial charge in [-0.15, -0.1) is 0 Å². The van der Waals surface area contributed by atoms with Crippen molar-refractivity contribution >= 4 is 40.8 Å². The number of nitrogens with one attached hydrogen (secondary N) is 2. The number of benzene rings is 2. The molecule has 0 atom stereocenters. The van der Waals surface area contributed by atoms with Gasteiger partial charge in [-0.3, -0.25) is 19.2 Å². The van der Waals surface area contributed by atoms with Crippen molar-refractivity contribution in [2.24, 2.45) is 24.8 Å². The minimum atomic E-state index is -3.34. The summed E-state index contributed by atoms with van der Waals surface area (Å²) < 4.78 is 59.2. The predicted molar refractivity (Wildman–Crippen MR) is 174 cm³/mol. The summed E-state index contributed by atoms with van der Waals surface area (Å²) in [6, 6.07) is 6.27. The Bertz CT molecular complexity index is 1800. The van der Waals surface area contributed by atoms with Gasteiger partial charge in [0.15, 0.2) is 17.4 Å². The number of imidazole rings is 1. The minimum Gasteiger partial charge on any atom is -0.432 e. The zero-order valence-electron chi connectivity index (χ0n) is 27.1. The first kappa shape index (κ1) is 35.3. The summed E-state index contributed by atoms with van der Waals surface area (Å²) in [6.45, 7) is 0.0714. The number of amides is 3. The molecular formula is C34H35ClF4N6O5. The van der Waals surface area contributed by atoms with Crippen molar-refractivity contribution in [3.63, 3.8) is 0 Å². The topological polar surface area (TPSA) is 126 Å². The van der Waals surface area contributed by atoms with Crippen LogP contribution in [-0.2, 0) is 16.6 Å². The molecule has 0 saturated carbocycles. The average Bonchev–Trinajstić information content (AvgIpc) is 3.46.